The third-order valence-electron chi connectivity index (χ3n) is 4.90. The first-order valence-corrected chi connectivity index (χ1v) is 9.44. The number of benzene rings is 3. The van der Waals surface area contributed by atoms with Crippen LogP contribution in [0.5, 0.6) is 5.75 Å². The van der Waals surface area contributed by atoms with E-state index in [0.29, 0.717) is 18.7 Å². The minimum absolute atomic E-state index is 0.132. The van der Waals surface area contributed by atoms with Crippen molar-refractivity contribution < 1.29 is 14.3 Å². The van der Waals surface area contributed by atoms with E-state index < -0.39 is 0 Å². The molecule has 4 rings (SSSR count). The lowest BCUT2D eigenvalue weighted by Crippen LogP contribution is -2.27. The predicted molar refractivity (Wildman–Crippen MR) is 115 cm³/mol. The molecule has 0 saturated carbocycles. The Hall–Kier alpha value is -3.44. The molecule has 0 radical (unpaired) electrons. The summed E-state index contributed by atoms with van der Waals surface area (Å²) in [5.74, 6) is 0.691. The van der Waals surface area contributed by atoms with Gasteiger partial charge in [-0.05, 0) is 41.1 Å². The van der Waals surface area contributed by atoms with Gasteiger partial charge in [0.2, 0.25) is 0 Å². The van der Waals surface area contributed by atoms with Gasteiger partial charge in [-0.3, -0.25) is 4.79 Å². The number of fused-ring (bicyclic) bond motifs is 2. The van der Waals surface area contributed by atoms with Crippen molar-refractivity contribution in [1.29, 1.82) is 0 Å². The first-order valence-electron chi connectivity index (χ1n) is 9.44. The molecule has 0 fully saturated rings. The molecule has 1 amide bonds. The number of para-hydroxylation sites is 1. The minimum atomic E-state index is -0.132. The molecule has 0 unspecified atom stereocenters. The summed E-state index contributed by atoms with van der Waals surface area (Å²) in [6.07, 6.45) is 0. The van der Waals surface area contributed by atoms with E-state index in [-0.39, 0.29) is 5.91 Å². The number of hydrogen-bond donors (Lipinski definition) is 1. The number of carbonyl (C=O) groups excluding carboxylic acids is 1. The molecule has 4 aromatic rings. The third kappa shape index (κ3) is 3.91. The second-order valence-electron chi connectivity index (χ2n) is 6.75. The fraction of sp³-hybridized carbons (Fsp3) is 0.167. The Bertz CT molecular complexity index is 1190. The highest BCUT2D eigenvalue weighted by Crippen LogP contribution is 2.29. The van der Waals surface area contributed by atoms with Crippen LogP contribution in [-0.4, -0.2) is 38.3 Å². The number of amides is 1. The first kappa shape index (κ1) is 18.9. The van der Waals surface area contributed by atoms with E-state index in [1.807, 2.05) is 60.7 Å². The molecule has 146 valence electrons. The number of nitrogens with one attached hydrogen (secondary N) is 1. The van der Waals surface area contributed by atoms with Crippen molar-refractivity contribution in [2.45, 2.75) is 0 Å². The van der Waals surface area contributed by atoms with E-state index in [1.54, 1.807) is 14.2 Å². The van der Waals surface area contributed by atoms with Gasteiger partial charge in [0, 0.05) is 24.6 Å². The van der Waals surface area contributed by atoms with Gasteiger partial charge < -0.3 is 14.8 Å². The summed E-state index contributed by atoms with van der Waals surface area (Å²) in [7, 11) is 3.27. The van der Waals surface area contributed by atoms with Crippen LogP contribution in [0, 0.1) is 0 Å². The zero-order chi connectivity index (χ0) is 20.2. The standard InChI is InChI=1S/C24H22N2O3/c1-28-12-11-25-24(27)21-15-23(26-22-6-4-3-5-20(21)22)18-8-7-17-14-19(29-2)10-9-16(17)13-18/h3-10,13-15H,11-12H2,1-2H3,(H,25,27). The van der Waals surface area contributed by atoms with Crippen LogP contribution < -0.4 is 10.1 Å². The van der Waals surface area contributed by atoms with Gasteiger partial charge in [-0.25, -0.2) is 4.98 Å². The average Bonchev–Trinajstić information content (AvgIpc) is 2.77. The van der Waals surface area contributed by atoms with Gasteiger partial charge in [0.1, 0.15) is 5.75 Å². The molecule has 1 aromatic heterocycles. The van der Waals surface area contributed by atoms with Crippen molar-refractivity contribution in [1.82, 2.24) is 10.3 Å². The lowest BCUT2D eigenvalue weighted by Gasteiger charge is -2.11. The van der Waals surface area contributed by atoms with Crippen molar-refractivity contribution in [3.8, 4) is 17.0 Å². The Labute approximate surface area is 169 Å². The normalized spacial score (nSPS) is 11.0. The van der Waals surface area contributed by atoms with Crippen LogP contribution in [0.25, 0.3) is 32.9 Å². The number of pyridine rings is 1. The minimum Gasteiger partial charge on any atom is -0.497 e. The first-order chi connectivity index (χ1) is 14.2. The van der Waals surface area contributed by atoms with E-state index in [0.717, 1.165) is 38.7 Å². The maximum Gasteiger partial charge on any atom is 0.252 e. The molecule has 0 aliphatic carbocycles. The maximum absolute atomic E-state index is 12.8. The molecule has 1 N–H and O–H groups in total. The molecular formula is C24H22N2O3. The van der Waals surface area contributed by atoms with Gasteiger partial charge in [0.05, 0.1) is 30.5 Å². The summed E-state index contributed by atoms with van der Waals surface area (Å²) < 4.78 is 10.3. The number of rotatable bonds is 6. The van der Waals surface area contributed by atoms with E-state index in [9.17, 15) is 4.79 Å². The molecule has 0 saturated heterocycles. The van der Waals surface area contributed by atoms with Crippen molar-refractivity contribution in [2.75, 3.05) is 27.4 Å². The summed E-state index contributed by atoms with van der Waals surface area (Å²) in [6.45, 7) is 0.925. The Morgan fingerprint density at radius 3 is 2.59 bits per heavy atom. The molecule has 1 heterocycles. The molecule has 3 aromatic carbocycles. The second kappa shape index (κ2) is 8.29. The highest BCUT2D eigenvalue weighted by Gasteiger charge is 2.14. The summed E-state index contributed by atoms with van der Waals surface area (Å²) in [5.41, 5.74) is 3.12. The predicted octanol–water partition coefficient (Wildman–Crippen LogP) is 4.44. The number of methoxy groups -OCH3 is 2. The number of ether oxygens (including phenoxy) is 2. The fourth-order valence-corrected chi connectivity index (χ4v) is 3.38. The molecule has 0 atom stereocenters. The highest BCUT2D eigenvalue weighted by molar-refractivity contribution is 6.07. The Morgan fingerprint density at radius 1 is 0.966 bits per heavy atom. The van der Waals surface area contributed by atoms with Crippen LogP contribution in [0.4, 0.5) is 0 Å². The van der Waals surface area contributed by atoms with Crippen molar-refractivity contribution >= 4 is 27.6 Å². The number of carbonyl (C=O) groups is 1. The van der Waals surface area contributed by atoms with E-state index in [4.69, 9.17) is 14.5 Å². The van der Waals surface area contributed by atoms with Crippen LogP contribution in [0.15, 0.2) is 66.7 Å². The molecule has 0 bridgehead atoms. The summed E-state index contributed by atoms with van der Waals surface area (Å²) in [5, 5.41) is 5.91. The molecule has 5 nitrogen and oxygen atoms in total. The van der Waals surface area contributed by atoms with Crippen LogP contribution >= 0.6 is 0 Å². The number of aromatic nitrogens is 1. The zero-order valence-corrected chi connectivity index (χ0v) is 16.4. The lowest BCUT2D eigenvalue weighted by atomic mass is 10.0. The fourth-order valence-electron chi connectivity index (χ4n) is 3.38. The summed E-state index contributed by atoms with van der Waals surface area (Å²) in [6, 6.07) is 21.7. The van der Waals surface area contributed by atoms with Crippen molar-refractivity contribution in [2.24, 2.45) is 0 Å². The van der Waals surface area contributed by atoms with Gasteiger partial charge in [-0.1, -0.05) is 36.4 Å². The maximum atomic E-state index is 12.8. The molecule has 29 heavy (non-hydrogen) atoms. The third-order valence-corrected chi connectivity index (χ3v) is 4.90. The lowest BCUT2D eigenvalue weighted by molar-refractivity contribution is 0.0938. The molecule has 5 heteroatoms. The highest BCUT2D eigenvalue weighted by atomic mass is 16.5. The Kier molecular flexibility index (Phi) is 5.40. The van der Waals surface area contributed by atoms with Gasteiger partial charge in [0.25, 0.3) is 5.91 Å². The summed E-state index contributed by atoms with van der Waals surface area (Å²) >= 11 is 0. The monoisotopic (exact) mass is 386 g/mol. The molecular weight excluding hydrogens is 364 g/mol. The van der Waals surface area contributed by atoms with Crippen LogP contribution in [0.2, 0.25) is 0 Å². The zero-order valence-electron chi connectivity index (χ0n) is 16.4. The molecule has 0 aliphatic heterocycles. The topological polar surface area (TPSA) is 60.5 Å². The van der Waals surface area contributed by atoms with E-state index >= 15 is 0 Å². The van der Waals surface area contributed by atoms with Gasteiger partial charge in [-0.15, -0.1) is 0 Å². The largest absolute Gasteiger partial charge is 0.497 e. The smallest absolute Gasteiger partial charge is 0.252 e. The van der Waals surface area contributed by atoms with Gasteiger partial charge in [-0.2, -0.15) is 0 Å². The van der Waals surface area contributed by atoms with Crippen molar-refractivity contribution in [3.63, 3.8) is 0 Å². The average molecular weight is 386 g/mol. The van der Waals surface area contributed by atoms with E-state index in [1.165, 1.54) is 0 Å². The van der Waals surface area contributed by atoms with Crippen LogP contribution in [0.3, 0.4) is 0 Å². The quantitative estimate of drug-likeness (QED) is 0.498. The number of hydrogen-bond acceptors (Lipinski definition) is 4. The number of nitrogens with zero attached hydrogens (tertiary/aromatic N) is 1. The molecule has 0 spiro atoms. The summed E-state index contributed by atoms with van der Waals surface area (Å²) in [4.78, 5) is 17.6. The van der Waals surface area contributed by atoms with Gasteiger partial charge in [0.15, 0.2) is 0 Å². The molecule has 0 aliphatic rings. The Balaban J connectivity index is 1.79. The van der Waals surface area contributed by atoms with E-state index in [2.05, 4.69) is 11.4 Å². The van der Waals surface area contributed by atoms with Crippen LogP contribution in [0.1, 0.15) is 10.4 Å². The van der Waals surface area contributed by atoms with Gasteiger partial charge >= 0.3 is 0 Å². The Morgan fingerprint density at radius 2 is 1.76 bits per heavy atom. The second-order valence-corrected chi connectivity index (χ2v) is 6.75. The van der Waals surface area contributed by atoms with Crippen LogP contribution in [-0.2, 0) is 4.74 Å². The van der Waals surface area contributed by atoms with Crippen molar-refractivity contribution in [3.05, 3.63) is 72.3 Å². The SMILES string of the molecule is COCCNC(=O)c1cc(-c2ccc3cc(OC)ccc3c2)nc2ccccc12.